The van der Waals surface area contributed by atoms with Gasteiger partial charge in [0.05, 0.1) is 18.2 Å². The van der Waals surface area contributed by atoms with Crippen LogP contribution in [0.1, 0.15) is 11.1 Å². The van der Waals surface area contributed by atoms with Crippen molar-refractivity contribution in [1.82, 2.24) is 0 Å². The highest BCUT2D eigenvalue weighted by molar-refractivity contribution is 7.92. The molecule has 0 aliphatic carbocycles. The molecule has 3 aromatic carbocycles. The van der Waals surface area contributed by atoms with Gasteiger partial charge in [0, 0.05) is 23.2 Å². The van der Waals surface area contributed by atoms with Crippen LogP contribution in [-0.4, -0.2) is 29.3 Å². The molecule has 0 unspecified atom stereocenters. The average Bonchev–Trinajstić information content (AvgIpc) is 2.65. The second kappa shape index (κ2) is 7.33. The van der Waals surface area contributed by atoms with Gasteiger partial charge in [-0.3, -0.25) is 9.44 Å². The van der Waals surface area contributed by atoms with Gasteiger partial charge in [-0.2, -0.15) is 0 Å². The van der Waals surface area contributed by atoms with Crippen molar-refractivity contribution < 1.29 is 21.6 Å². The van der Waals surface area contributed by atoms with Crippen molar-refractivity contribution in [2.24, 2.45) is 0 Å². The first-order chi connectivity index (χ1) is 14.1. The number of fused-ring (bicyclic) bond motifs is 2. The van der Waals surface area contributed by atoms with Crippen LogP contribution in [-0.2, 0) is 26.5 Å². The van der Waals surface area contributed by atoms with Crippen molar-refractivity contribution in [3.05, 3.63) is 71.8 Å². The number of anilines is 2. The van der Waals surface area contributed by atoms with Gasteiger partial charge in [0.25, 0.3) is 0 Å². The quantitative estimate of drug-likeness (QED) is 0.488. The van der Waals surface area contributed by atoms with Gasteiger partial charge in [0.2, 0.25) is 20.0 Å². The van der Waals surface area contributed by atoms with Gasteiger partial charge in [-0.05, 0) is 41.5 Å². The molecule has 0 radical (unpaired) electrons. The van der Waals surface area contributed by atoms with E-state index >= 15 is 0 Å². The average molecular weight is 445 g/mol. The Bertz CT molecular complexity index is 1350. The highest BCUT2D eigenvalue weighted by atomic mass is 32.2. The minimum absolute atomic E-state index is 0.335. The molecular weight excluding hydrogens is 424 g/mol. The summed E-state index contributed by atoms with van der Waals surface area (Å²) < 4.78 is 58.2. The summed E-state index contributed by atoms with van der Waals surface area (Å²) in [6, 6.07) is 17.9. The fraction of sp³-hybridized carbons (Fsp3) is 0.143. The second-order valence-corrected chi connectivity index (χ2v) is 10.7. The number of para-hydroxylation sites is 1. The zero-order valence-corrected chi connectivity index (χ0v) is 18.0. The Kier molecular flexibility index (Phi) is 4.95. The maximum absolute atomic E-state index is 11.9. The Labute approximate surface area is 175 Å². The van der Waals surface area contributed by atoms with Crippen molar-refractivity contribution >= 4 is 31.4 Å². The minimum atomic E-state index is -3.55. The monoisotopic (exact) mass is 444 g/mol. The Morgan fingerprint density at radius 3 is 2.20 bits per heavy atom. The number of ether oxygens (including phenoxy) is 1. The first kappa shape index (κ1) is 20.2. The van der Waals surface area contributed by atoms with E-state index in [9.17, 15) is 16.8 Å². The lowest BCUT2D eigenvalue weighted by molar-refractivity contribution is 0.460. The fourth-order valence-electron chi connectivity index (χ4n) is 3.49. The summed E-state index contributed by atoms with van der Waals surface area (Å²) >= 11 is 0. The van der Waals surface area contributed by atoms with Gasteiger partial charge in [0.15, 0.2) is 0 Å². The van der Waals surface area contributed by atoms with Gasteiger partial charge in [-0.25, -0.2) is 16.8 Å². The summed E-state index contributed by atoms with van der Waals surface area (Å²) in [6.07, 6.45) is 2.73. The molecule has 0 fully saturated rings. The molecule has 0 atom stereocenters. The molecule has 30 heavy (non-hydrogen) atoms. The van der Waals surface area contributed by atoms with E-state index in [2.05, 4.69) is 9.44 Å². The molecule has 0 spiro atoms. The van der Waals surface area contributed by atoms with E-state index in [0.717, 1.165) is 35.0 Å². The SMILES string of the molecule is CS(=O)(=O)Nc1ccc(NS(C)(=O)=O)c(-c2cccc3c2Cc2ccccc2O3)c1. The smallest absolute Gasteiger partial charge is 0.229 e. The molecular formula is C21H20N2O5S2. The Morgan fingerprint density at radius 1 is 0.767 bits per heavy atom. The fourth-order valence-corrected chi connectivity index (χ4v) is 4.62. The van der Waals surface area contributed by atoms with Crippen LogP contribution in [0.4, 0.5) is 11.4 Å². The van der Waals surface area contributed by atoms with E-state index in [0.29, 0.717) is 29.1 Å². The number of hydrogen-bond acceptors (Lipinski definition) is 5. The number of nitrogens with one attached hydrogen (secondary N) is 2. The lowest BCUT2D eigenvalue weighted by atomic mass is 9.91. The van der Waals surface area contributed by atoms with Gasteiger partial charge in [-0.15, -0.1) is 0 Å². The van der Waals surface area contributed by atoms with Crippen LogP contribution in [0.5, 0.6) is 11.5 Å². The molecule has 2 N–H and O–H groups in total. The molecule has 1 heterocycles. The van der Waals surface area contributed by atoms with Crippen LogP contribution in [0.3, 0.4) is 0 Å². The van der Waals surface area contributed by atoms with Crippen molar-refractivity contribution in [2.75, 3.05) is 22.0 Å². The van der Waals surface area contributed by atoms with E-state index in [-0.39, 0.29) is 0 Å². The third-order valence-electron chi connectivity index (χ3n) is 4.60. The Hall–Kier alpha value is -3.04. The predicted molar refractivity (Wildman–Crippen MR) is 118 cm³/mol. The Morgan fingerprint density at radius 2 is 1.47 bits per heavy atom. The first-order valence-electron chi connectivity index (χ1n) is 9.07. The van der Waals surface area contributed by atoms with Gasteiger partial charge in [-0.1, -0.05) is 30.3 Å². The van der Waals surface area contributed by atoms with Crippen molar-refractivity contribution in [2.45, 2.75) is 6.42 Å². The molecule has 1 aliphatic heterocycles. The van der Waals surface area contributed by atoms with E-state index < -0.39 is 20.0 Å². The maximum Gasteiger partial charge on any atom is 0.229 e. The van der Waals surface area contributed by atoms with Crippen molar-refractivity contribution in [3.63, 3.8) is 0 Å². The summed E-state index contributed by atoms with van der Waals surface area (Å²) in [6.45, 7) is 0. The summed E-state index contributed by atoms with van der Waals surface area (Å²) in [5.74, 6) is 1.46. The van der Waals surface area contributed by atoms with Gasteiger partial charge in [0.1, 0.15) is 11.5 Å². The summed E-state index contributed by atoms with van der Waals surface area (Å²) in [7, 11) is -7.04. The topological polar surface area (TPSA) is 102 Å². The molecule has 0 saturated heterocycles. The number of benzene rings is 3. The van der Waals surface area contributed by atoms with Crippen LogP contribution in [0.25, 0.3) is 11.1 Å². The number of sulfonamides is 2. The molecule has 7 nitrogen and oxygen atoms in total. The van der Waals surface area contributed by atoms with Crippen molar-refractivity contribution in [1.29, 1.82) is 0 Å². The van der Waals surface area contributed by atoms with Crippen LogP contribution in [0.2, 0.25) is 0 Å². The Balaban J connectivity index is 1.88. The van der Waals surface area contributed by atoms with E-state index in [1.165, 1.54) is 6.07 Å². The van der Waals surface area contributed by atoms with Gasteiger partial charge < -0.3 is 4.74 Å². The molecule has 1 aliphatic rings. The number of hydrogen-bond donors (Lipinski definition) is 2. The summed E-state index contributed by atoms with van der Waals surface area (Å²) in [5.41, 5.74) is 3.90. The first-order valence-corrected chi connectivity index (χ1v) is 12.8. The highest BCUT2D eigenvalue weighted by Gasteiger charge is 2.22. The molecule has 3 aromatic rings. The highest BCUT2D eigenvalue weighted by Crippen LogP contribution is 2.43. The largest absolute Gasteiger partial charge is 0.457 e. The molecule has 0 amide bonds. The van der Waals surface area contributed by atoms with E-state index in [1.54, 1.807) is 12.1 Å². The minimum Gasteiger partial charge on any atom is -0.457 e. The third-order valence-corrected chi connectivity index (χ3v) is 5.80. The molecule has 0 saturated carbocycles. The van der Waals surface area contributed by atoms with E-state index in [1.807, 2.05) is 42.5 Å². The standard InChI is InChI=1S/C21H20N2O5S2/c1-29(24,25)22-15-10-11-19(23-30(2,26)27)17(13-15)16-7-5-9-21-18(16)12-14-6-3-4-8-20(14)28-21/h3-11,13,22-23H,12H2,1-2H3. The molecule has 0 bridgehead atoms. The lowest BCUT2D eigenvalue weighted by Gasteiger charge is -2.24. The van der Waals surface area contributed by atoms with E-state index in [4.69, 9.17) is 4.74 Å². The summed E-state index contributed by atoms with van der Waals surface area (Å²) in [4.78, 5) is 0. The molecule has 156 valence electrons. The van der Waals surface area contributed by atoms with Gasteiger partial charge >= 0.3 is 0 Å². The molecule has 4 rings (SSSR count). The molecule has 9 heteroatoms. The maximum atomic E-state index is 11.9. The predicted octanol–water partition coefficient (Wildman–Crippen LogP) is 3.79. The van der Waals surface area contributed by atoms with Crippen LogP contribution >= 0.6 is 0 Å². The second-order valence-electron chi connectivity index (χ2n) is 7.18. The zero-order valence-electron chi connectivity index (χ0n) is 16.3. The summed E-state index contributed by atoms with van der Waals surface area (Å²) in [5, 5.41) is 0. The van der Waals surface area contributed by atoms with Crippen molar-refractivity contribution in [3.8, 4) is 22.6 Å². The normalized spacial score (nSPS) is 13.0. The van der Waals surface area contributed by atoms with Crippen LogP contribution in [0.15, 0.2) is 60.7 Å². The van der Waals surface area contributed by atoms with Crippen LogP contribution in [0, 0.1) is 0 Å². The lowest BCUT2D eigenvalue weighted by Crippen LogP contribution is -2.13. The zero-order chi connectivity index (χ0) is 21.5. The molecule has 0 aromatic heterocycles. The number of rotatable bonds is 5. The van der Waals surface area contributed by atoms with Crippen LogP contribution < -0.4 is 14.2 Å². The third kappa shape index (κ3) is 4.42.